The quantitative estimate of drug-likeness (QED) is 0.736. The van der Waals surface area contributed by atoms with E-state index in [0.717, 1.165) is 12.2 Å². The van der Waals surface area contributed by atoms with E-state index in [1.54, 1.807) is 0 Å². The number of carbonyl (C=O) groups is 1. The number of aromatic amines is 1. The summed E-state index contributed by atoms with van der Waals surface area (Å²) in [4.78, 5) is 14.4. The number of carbonyl (C=O) groups excluding carboxylic acids is 1. The zero-order chi connectivity index (χ0) is 15.4. The van der Waals surface area contributed by atoms with Crippen molar-refractivity contribution in [2.24, 2.45) is 5.92 Å². The minimum absolute atomic E-state index is 0.0658. The molecule has 0 aliphatic heterocycles. The van der Waals surface area contributed by atoms with Gasteiger partial charge in [0.15, 0.2) is 5.69 Å². The first-order chi connectivity index (χ1) is 9.23. The van der Waals surface area contributed by atoms with Crippen LogP contribution in [0.3, 0.4) is 0 Å². The Hall–Kier alpha value is -1.56. The average molecular weight is 281 g/mol. The predicted octanol–water partition coefficient (Wildman–Crippen LogP) is 1.43. The molecular weight excluding hydrogens is 254 g/mol. The van der Waals surface area contributed by atoms with E-state index < -0.39 is 0 Å². The molecule has 6 heteroatoms. The summed E-state index contributed by atoms with van der Waals surface area (Å²) in [7, 11) is 3.97. The van der Waals surface area contributed by atoms with Crippen LogP contribution in [0.5, 0.6) is 0 Å². The van der Waals surface area contributed by atoms with E-state index in [4.69, 9.17) is 5.73 Å². The summed E-state index contributed by atoms with van der Waals surface area (Å²) in [5.74, 6) is 0.337. The molecule has 0 saturated heterocycles. The molecule has 1 amide bonds. The molecule has 0 aliphatic carbocycles. The number of likely N-dealkylation sites (N-methyl/N-ethyl adjacent to an activating group) is 1. The Morgan fingerprint density at radius 3 is 2.35 bits per heavy atom. The maximum atomic E-state index is 12.3. The second kappa shape index (κ2) is 6.74. The standard InChI is InChI=1S/C14H27N5O/c1-8(2)10(7-19(5)6)16-14(20)13-11(15)12(9(3)4)17-18-13/h8-10H,7,15H2,1-6H3,(H,16,20)(H,17,18). The first-order valence-electron chi connectivity index (χ1n) is 7.03. The van der Waals surface area contributed by atoms with E-state index in [1.807, 2.05) is 27.9 Å². The highest BCUT2D eigenvalue weighted by Gasteiger charge is 2.23. The summed E-state index contributed by atoms with van der Waals surface area (Å²) >= 11 is 0. The monoisotopic (exact) mass is 281 g/mol. The maximum absolute atomic E-state index is 12.3. The van der Waals surface area contributed by atoms with Gasteiger partial charge in [0.25, 0.3) is 5.91 Å². The van der Waals surface area contributed by atoms with Gasteiger partial charge in [0.1, 0.15) is 0 Å². The minimum Gasteiger partial charge on any atom is -0.395 e. The fourth-order valence-corrected chi connectivity index (χ4v) is 2.03. The Balaban J connectivity index is 2.84. The molecule has 1 aromatic heterocycles. The third kappa shape index (κ3) is 3.96. The van der Waals surface area contributed by atoms with E-state index in [9.17, 15) is 4.79 Å². The van der Waals surface area contributed by atoms with Crippen molar-refractivity contribution >= 4 is 11.6 Å². The lowest BCUT2D eigenvalue weighted by molar-refractivity contribution is 0.0912. The van der Waals surface area contributed by atoms with Gasteiger partial charge in [0.2, 0.25) is 0 Å². The summed E-state index contributed by atoms with van der Waals surface area (Å²) in [5.41, 5.74) is 7.54. The lowest BCUT2D eigenvalue weighted by Crippen LogP contribution is -2.45. The first kappa shape index (κ1) is 16.5. The van der Waals surface area contributed by atoms with Crippen LogP contribution >= 0.6 is 0 Å². The van der Waals surface area contributed by atoms with E-state index in [2.05, 4.69) is 34.3 Å². The second-order valence-corrected chi connectivity index (χ2v) is 6.14. The number of nitrogens with zero attached hydrogens (tertiary/aromatic N) is 2. The number of hydrogen-bond acceptors (Lipinski definition) is 4. The number of hydrogen-bond donors (Lipinski definition) is 3. The lowest BCUT2D eigenvalue weighted by atomic mass is 10.0. The smallest absolute Gasteiger partial charge is 0.274 e. The van der Waals surface area contributed by atoms with Gasteiger partial charge in [0, 0.05) is 12.6 Å². The zero-order valence-corrected chi connectivity index (χ0v) is 13.3. The number of nitrogens with two attached hydrogens (primary N) is 1. The molecule has 0 bridgehead atoms. The highest BCUT2D eigenvalue weighted by Crippen LogP contribution is 2.22. The minimum atomic E-state index is -0.216. The van der Waals surface area contributed by atoms with E-state index >= 15 is 0 Å². The molecule has 1 rings (SSSR count). The highest BCUT2D eigenvalue weighted by molar-refractivity contribution is 5.97. The van der Waals surface area contributed by atoms with Gasteiger partial charge in [-0.15, -0.1) is 0 Å². The van der Waals surface area contributed by atoms with Crippen LogP contribution in [0.4, 0.5) is 5.69 Å². The molecule has 1 unspecified atom stereocenters. The van der Waals surface area contributed by atoms with E-state index in [-0.39, 0.29) is 23.6 Å². The summed E-state index contributed by atoms with van der Waals surface area (Å²) in [6.07, 6.45) is 0. The molecule has 4 N–H and O–H groups in total. The number of aromatic nitrogens is 2. The summed E-state index contributed by atoms with van der Waals surface area (Å²) in [6, 6.07) is 0.0658. The Morgan fingerprint density at radius 2 is 1.95 bits per heavy atom. The molecule has 1 heterocycles. The number of anilines is 1. The topological polar surface area (TPSA) is 87.0 Å². The van der Waals surface area contributed by atoms with Gasteiger partial charge < -0.3 is 16.0 Å². The fraction of sp³-hybridized carbons (Fsp3) is 0.714. The molecule has 6 nitrogen and oxygen atoms in total. The number of nitrogen functional groups attached to an aromatic ring is 1. The molecule has 0 aromatic carbocycles. The van der Waals surface area contributed by atoms with Crippen molar-refractivity contribution < 1.29 is 4.79 Å². The van der Waals surface area contributed by atoms with Gasteiger partial charge in [-0.3, -0.25) is 9.89 Å². The van der Waals surface area contributed by atoms with Gasteiger partial charge in [0.05, 0.1) is 11.4 Å². The van der Waals surface area contributed by atoms with Crippen LogP contribution in [0, 0.1) is 5.92 Å². The lowest BCUT2D eigenvalue weighted by Gasteiger charge is -2.25. The Bertz CT molecular complexity index is 450. The zero-order valence-electron chi connectivity index (χ0n) is 13.3. The number of nitrogens with one attached hydrogen (secondary N) is 2. The Labute approximate surface area is 121 Å². The highest BCUT2D eigenvalue weighted by atomic mass is 16.2. The first-order valence-corrected chi connectivity index (χ1v) is 7.03. The van der Waals surface area contributed by atoms with Crippen LogP contribution in [-0.2, 0) is 0 Å². The van der Waals surface area contributed by atoms with Crippen molar-refractivity contribution in [2.75, 3.05) is 26.4 Å². The van der Waals surface area contributed by atoms with Gasteiger partial charge in [-0.05, 0) is 25.9 Å². The van der Waals surface area contributed by atoms with Crippen LogP contribution in [0.2, 0.25) is 0 Å². The SMILES string of the molecule is CC(C)c1[nH]nc(C(=O)NC(CN(C)C)C(C)C)c1N. The van der Waals surface area contributed by atoms with Crippen LogP contribution < -0.4 is 11.1 Å². The van der Waals surface area contributed by atoms with Crippen molar-refractivity contribution in [3.63, 3.8) is 0 Å². The molecule has 1 aromatic rings. The predicted molar refractivity (Wildman–Crippen MR) is 81.7 cm³/mol. The molecule has 114 valence electrons. The van der Waals surface area contributed by atoms with Crippen molar-refractivity contribution in [3.05, 3.63) is 11.4 Å². The van der Waals surface area contributed by atoms with Crippen LogP contribution in [0.1, 0.15) is 49.8 Å². The molecule has 0 fully saturated rings. The molecule has 0 spiro atoms. The Morgan fingerprint density at radius 1 is 1.35 bits per heavy atom. The van der Waals surface area contributed by atoms with Gasteiger partial charge in [-0.1, -0.05) is 27.7 Å². The summed E-state index contributed by atoms with van der Waals surface area (Å²) in [6.45, 7) is 8.97. The average Bonchev–Trinajstić information content (AvgIpc) is 2.69. The van der Waals surface area contributed by atoms with Crippen LogP contribution in [0.25, 0.3) is 0 Å². The third-order valence-corrected chi connectivity index (χ3v) is 3.31. The van der Waals surface area contributed by atoms with Gasteiger partial charge >= 0.3 is 0 Å². The molecule has 0 saturated carbocycles. The fourth-order valence-electron chi connectivity index (χ4n) is 2.03. The third-order valence-electron chi connectivity index (χ3n) is 3.31. The second-order valence-electron chi connectivity index (χ2n) is 6.14. The van der Waals surface area contributed by atoms with Crippen molar-refractivity contribution in [2.45, 2.75) is 39.7 Å². The Kier molecular flexibility index (Phi) is 5.56. The van der Waals surface area contributed by atoms with E-state index in [0.29, 0.717) is 11.6 Å². The molecule has 20 heavy (non-hydrogen) atoms. The molecule has 0 radical (unpaired) electrons. The van der Waals surface area contributed by atoms with Crippen molar-refractivity contribution in [3.8, 4) is 0 Å². The molecular formula is C14H27N5O. The molecule has 0 aliphatic rings. The maximum Gasteiger partial charge on any atom is 0.274 e. The number of H-pyrrole nitrogens is 1. The summed E-state index contributed by atoms with van der Waals surface area (Å²) in [5, 5.41) is 9.92. The van der Waals surface area contributed by atoms with Gasteiger partial charge in [-0.25, -0.2) is 0 Å². The largest absolute Gasteiger partial charge is 0.395 e. The number of rotatable bonds is 6. The van der Waals surface area contributed by atoms with Crippen molar-refractivity contribution in [1.29, 1.82) is 0 Å². The number of amides is 1. The summed E-state index contributed by atoms with van der Waals surface area (Å²) < 4.78 is 0. The van der Waals surface area contributed by atoms with Crippen molar-refractivity contribution in [1.82, 2.24) is 20.4 Å². The van der Waals surface area contributed by atoms with Gasteiger partial charge in [-0.2, -0.15) is 5.10 Å². The molecule has 1 atom stereocenters. The van der Waals surface area contributed by atoms with Crippen LogP contribution in [0.15, 0.2) is 0 Å². The normalized spacial score (nSPS) is 13.2. The van der Waals surface area contributed by atoms with E-state index in [1.165, 1.54) is 0 Å². The van der Waals surface area contributed by atoms with Crippen LogP contribution in [-0.4, -0.2) is 47.7 Å².